The molecule has 0 atom stereocenters. The van der Waals surface area contributed by atoms with Gasteiger partial charge in [0.25, 0.3) is 5.91 Å². The van der Waals surface area contributed by atoms with Gasteiger partial charge in [0, 0.05) is 36.0 Å². The second-order valence-corrected chi connectivity index (χ2v) is 9.42. The van der Waals surface area contributed by atoms with Crippen molar-refractivity contribution in [3.8, 4) is 5.75 Å². The maximum atomic E-state index is 13.8. The third-order valence-electron chi connectivity index (χ3n) is 7.36. The Bertz CT molecular complexity index is 1500. The molecule has 0 unspecified atom stereocenters. The Hall–Kier alpha value is -4.40. The van der Waals surface area contributed by atoms with E-state index in [-0.39, 0.29) is 22.5 Å². The third-order valence-corrected chi connectivity index (χ3v) is 7.36. The number of aromatic carboxylic acids is 1. The monoisotopic (exact) mass is 483 g/mol. The first kappa shape index (κ1) is 22.1. The van der Waals surface area contributed by atoms with Crippen LogP contribution in [0.15, 0.2) is 60.9 Å². The summed E-state index contributed by atoms with van der Waals surface area (Å²) in [6.45, 7) is 3.75. The quantitative estimate of drug-likeness (QED) is 0.451. The molecular formula is C27H25N5O4. The SMILES string of the molecule is Cc1ccccc1Nc1c(C(=O)N2CCC3(CC2)COc2ccccc23)cnc2c(C(=O)O)cnn12. The smallest absolute Gasteiger partial charge is 0.341 e. The van der Waals surface area contributed by atoms with Gasteiger partial charge >= 0.3 is 5.97 Å². The van der Waals surface area contributed by atoms with Crippen LogP contribution in [0.25, 0.3) is 5.65 Å². The lowest BCUT2D eigenvalue weighted by molar-refractivity contribution is 0.0645. The summed E-state index contributed by atoms with van der Waals surface area (Å²) in [7, 11) is 0. The Morgan fingerprint density at radius 2 is 1.78 bits per heavy atom. The molecule has 2 aromatic carbocycles. The summed E-state index contributed by atoms with van der Waals surface area (Å²) in [6.07, 6.45) is 4.31. The lowest BCUT2D eigenvalue weighted by Gasteiger charge is -2.38. The minimum absolute atomic E-state index is 0.0263. The van der Waals surface area contributed by atoms with Crippen molar-refractivity contribution in [1.29, 1.82) is 0 Å². The fourth-order valence-corrected chi connectivity index (χ4v) is 5.25. The number of anilines is 2. The van der Waals surface area contributed by atoms with E-state index in [1.807, 2.05) is 54.3 Å². The first-order valence-corrected chi connectivity index (χ1v) is 11.9. The molecule has 0 saturated carbocycles. The van der Waals surface area contributed by atoms with Gasteiger partial charge < -0.3 is 20.1 Å². The molecule has 2 aromatic heterocycles. The number of hydrogen-bond donors (Lipinski definition) is 2. The van der Waals surface area contributed by atoms with Crippen LogP contribution < -0.4 is 10.1 Å². The summed E-state index contributed by atoms with van der Waals surface area (Å²) in [6, 6.07) is 15.8. The van der Waals surface area contributed by atoms with Gasteiger partial charge in [0.2, 0.25) is 0 Å². The number of carbonyl (C=O) groups is 2. The largest absolute Gasteiger partial charge is 0.492 e. The molecule has 6 rings (SSSR count). The normalized spacial score (nSPS) is 16.1. The second kappa shape index (κ2) is 8.37. The fourth-order valence-electron chi connectivity index (χ4n) is 5.25. The minimum Gasteiger partial charge on any atom is -0.492 e. The number of rotatable bonds is 4. The summed E-state index contributed by atoms with van der Waals surface area (Å²) in [4.78, 5) is 31.6. The van der Waals surface area contributed by atoms with Crippen LogP contribution in [0.4, 0.5) is 11.5 Å². The van der Waals surface area contributed by atoms with E-state index in [1.165, 1.54) is 22.5 Å². The first-order valence-electron chi connectivity index (χ1n) is 11.9. The number of aryl methyl sites for hydroxylation is 1. The lowest BCUT2D eigenvalue weighted by atomic mass is 9.74. The van der Waals surface area contributed by atoms with E-state index in [9.17, 15) is 14.7 Å². The maximum Gasteiger partial charge on any atom is 0.341 e. The number of ether oxygens (including phenoxy) is 1. The van der Waals surface area contributed by atoms with Gasteiger partial charge in [0.1, 0.15) is 22.7 Å². The molecule has 2 aliphatic rings. The first-order chi connectivity index (χ1) is 17.5. The van der Waals surface area contributed by atoms with E-state index >= 15 is 0 Å². The van der Waals surface area contributed by atoms with Crippen molar-refractivity contribution in [3.05, 3.63) is 83.2 Å². The summed E-state index contributed by atoms with van der Waals surface area (Å²) in [5.74, 6) is 0.0277. The number of fused-ring (bicyclic) bond motifs is 3. The summed E-state index contributed by atoms with van der Waals surface area (Å²) < 4.78 is 7.35. The Labute approximate surface area is 207 Å². The number of likely N-dealkylation sites (tertiary alicyclic amines) is 1. The fraction of sp³-hybridized carbons (Fsp3) is 0.259. The van der Waals surface area contributed by atoms with E-state index < -0.39 is 5.97 Å². The molecular weight excluding hydrogens is 458 g/mol. The molecule has 4 aromatic rings. The topological polar surface area (TPSA) is 109 Å². The highest BCUT2D eigenvalue weighted by molar-refractivity contribution is 6.01. The molecule has 36 heavy (non-hydrogen) atoms. The zero-order valence-corrected chi connectivity index (χ0v) is 19.8. The zero-order chi connectivity index (χ0) is 24.9. The zero-order valence-electron chi connectivity index (χ0n) is 19.8. The van der Waals surface area contributed by atoms with Gasteiger partial charge in [-0.05, 0) is 37.5 Å². The van der Waals surface area contributed by atoms with Gasteiger partial charge in [-0.15, -0.1) is 0 Å². The average Bonchev–Trinajstić information content (AvgIpc) is 3.48. The van der Waals surface area contributed by atoms with Gasteiger partial charge in [0.05, 0.1) is 12.8 Å². The van der Waals surface area contributed by atoms with Crippen LogP contribution in [0, 0.1) is 6.92 Å². The predicted molar refractivity (Wildman–Crippen MR) is 133 cm³/mol. The number of carboxylic acid groups (broad SMARTS) is 1. The number of para-hydroxylation sites is 2. The Morgan fingerprint density at radius 3 is 2.56 bits per heavy atom. The van der Waals surface area contributed by atoms with Gasteiger partial charge in [-0.3, -0.25) is 4.79 Å². The van der Waals surface area contributed by atoms with E-state index in [4.69, 9.17) is 4.74 Å². The van der Waals surface area contributed by atoms with Gasteiger partial charge in [0.15, 0.2) is 5.65 Å². The number of amides is 1. The molecule has 9 nitrogen and oxygen atoms in total. The van der Waals surface area contributed by atoms with Crippen LogP contribution in [0.1, 0.15) is 44.7 Å². The lowest BCUT2D eigenvalue weighted by Crippen LogP contribution is -2.46. The molecule has 2 aliphatic heterocycles. The molecule has 9 heteroatoms. The summed E-state index contributed by atoms with van der Waals surface area (Å²) in [5.41, 5.74) is 3.41. The average molecular weight is 484 g/mol. The molecule has 0 bridgehead atoms. The van der Waals surface area contributed by atoms with Gasteiger partial charge in [-0.25, -0.2) is 9.78 Å². The standard InChI is InChI=1S/C27H25N5O4/c1-17-6-2-4-8-21(17)30-24-18(14-28-23-19(26(34)35)15-29-32(23)24)25(33)31-12-10-27(11-13-31)16-36-22-9-5-3-7-20(22)27/h2-9,14-15,30H,10-13,16H2,1H3,(H,34,35). The van der Waals surface area contributed by atoms with Crippen LogP contribution in [0.5, 0.6) is 5.75 Å². The second-order valence-electron chi connectivity index (χ2n) is 9.42. The highest BCUT2D eigenvalue weighted by Gasteiger charge is 2.44. The van der Waals surface area contributed by atoms with Crippen LogP contribution in [0.2, 0.25) is 0 Å². The molecule has 1 fully saturated rings. The Kier molecular flexibility index (Phi) is 5.13. The highest BCUT2D eigenvalue weighted by Crippen LogP contribution is 2.45. The number of carbonyl (C=O) groups excluding carboxylic acids is 1. The molecule has 0 radical (unpaired) electrons. The van der Waals surface area contributed by atoms with Gasteiger partial charge in [-0.2, -0.15) is 9.61 Å². The molecule has 0 aliphatic carbocycles. The van der Waals surface area contributed by atoms with Gasteiger partial charge in [-0.1, -0.05) is 36.4 Å². The summed E-state index contributed by atoms with van der Waals surface area (Å²) >= 11 is 0. The van der Waals surface area contributed by atoms with E-state index in [0.717, 1.165) is 29.8 Å². The third kappa shape index (κ3) is 3.46. The number of aromatic nitrogens is 3. The van der Waals surface area contributed by atoms with Crippen molar-refractivity contribution < 1.29 is 19.4 Å². The van der Waals surface area contributed by atoms with Crippen molar-refractivity contribution >= 4 is 29.0 Å². The van der Waals surface area contributed by atoms with E-state index in [1.54, 1.807) is 0 Å². The van der Waals surface area contributed by atoms with Crippen LogP contribution in [0.3, 0.4) is 0 Å². The Balaban J connectivity index is 1.34. The van der Waals surface area contributed by atoms with Crippen LogP contribution in [-0.4, -0.2) is 56.2 Å². The van der Waals surface area contributed by atoms with Crippen molar-refractivity contribution in [1.82, 2.24) is 19.5 Å². The molecule has 1 amide bonds. The molecule has 4 heterocycles. The van der Waals surface area contributed by atoms with Crippen LogP contribution >= 0.6 is 0 Å². The molecule has 1 spiro atoms. The van der Waals surface area contributed by atoms with Crippen molar-refractivity contribution in [2.75, 3.05) is 25.0 Å². The number of piperidine rings is 1. The predicted octanol–water partition coefficient (Wildman–Crippen LogP) is 4.05. The number of nitrogens with one attached hydrogen (secondary N) is 1. The van der Waals surface area contributed by atoms with E-state index in [2.05, 4.69) is 21.5 Å². The summed E-state index contributed by atoms with van der Waals surface area (Å²) in [5, 5.41) is 17.1. The highest BCUT2D eigenvalue weighted by atomic mass is 16.5. The molecule has 2 N–H and O–H groups in total. The number of nitrogens with zero attached hydrogens (tertiary/aromatic N) is 4. The van der Waals surface area contributed by atoms with E-state index in [0.29, 0.717) is 31.1 Å². The Morgan fingerprint density at radius 1 is 1.03 bits per heavy atom. The minimum atomic E-state index is -1.13. The number of carboxylic acids is 1. The molecule has 1 saturated heterocycles. The van der Waals surface area contributed by atoms with Crippen molar-refractivity contribution in [2.24, 2.45) is 0 Å². The van der Waals surface area contributed by atoms with Crippen molar-refractivity contribution in [2.45, 2.75) is 25.2 Å². The molecule has 182 valence electrons. The van der Waals surface area contributed by atoms with Crippen molar-refractivity contribution in [3.63, 3.8) is 0 Å². The number of benzene rings is 2. The number of hydrogen-bond acceptors (Lipinski definition) is 6. The van der Waals surface area contributed by atoms with Crippen LogP contribution in [-0.2, 0) is 5.41 Å². The maximum absolute atomic E-state index is 13.8.